The van der Waals surface area contributed by atoms with Crippen LogP contribution in [0.4, 0.5) is 24.7 Å². The number of halogens is 3. The summed E-state index contributed by atoms with van der Waals surface area (Å²) in [5.74, 6) is 0.975. The monoisotopic (exact) mass is 554 g/mol. The Morgan fingerprint density at radius 3 is 2.60 bits per heavy atom. The van der Waals surface area contributed by atoms with E-state index in [0.29, 0.717) is 59.7 Å². The van der Waals surface area contributed by atoms with Crippen molar-refractivity contribution in [3.63, 3.8) is 0 Å². The average molecular weight is 555 g/mol. The topological polar surface area (TPSA) is 99.0 Å². The lowest BCUT2D eigenvalue weighted by atomic mass is 10.1. The Kier molecular flexibility index (Phi) is 7.50. The van der Waals surface area contributed by atoms with E-state index in [1.807, 2.05) is 0 Å². The molecule has 1 amide bonds. The fraction of sp³-hybridized carbons (Fsp3) is 0.250. The molecular formula is C28H25F3N4O5. The van der Waals surface area contributed by atoms with Crippen molar-refractivity contribution in [2.24, 2.45) is 0 Å². The minimum absolute atomic E-state index is 0.0174. The fourth-order valence-corrected chi connectivity index (χ4v) is 4.48. The van der Waals surface area contributed by atoms with Gasteiger partial charge in [-0.25, -0.2) is 9.97 Å². The van der Waals surface area contributed by atoms with Gasteiger partial charge in [0, 0.05) is 42.9 Å². The molecule has 3 heterocycles. The molecule has 0 spiro atoms. The van der Waals surface area contributed by atoms with E-state index in [1.54, 1.807) is 29.2 Å². The molecule has 0 bridgehead atoms. The first-order chi connectivity index (χ1) is 19.2. The average Bonchev–Trinajstić information content (AvgIpc) is 3.48. The highest BCUT2D eigenvalue weighted by molar-refractivity contribution is 5.93. The summed E-state index contributed by atoms with van der Waals surface area (Å²) in [6.45, 7) is 4.57. The highest BCUT2D eigenvalue weighted by Gasteiger charge is 2.32. The van der Waals surface area contributed by atoms with Crippen molar-refractivity contribution in [1.82, 2.24) is 14.9 Å². The molecule has 1 fully saturated rings. The van der Waals surface area contributed by atoms with Gasteiger partial charge in [0.1, 0.15) is 24.0 Å². The number of rotatable bonds is 8. The Morgan fingerprint density at radius 2 is 1.93 bits per heavy atom. The van der Waals surface area contributed by atoms with Crippen molar-refractivity contribution in [3.8, 4) is 28.6 Å². The molecule has 1 N–H and O–H groups in total. The number of amides is 1. The molecule has 9 nitrogen and oxygen atoms in total. The van der Waals surface area contributed by atoms with Crippen LogP contribution in [0, 0.1) is 0 Å². The first-order valence-electron chi connectivity index (χ1n) is 12.4. The summed E-state index contributed by atoms with van der Waals surface area (Å²) in [6, 6.07) is 10.9. The van der Waals surface area contributed by atoms with Crippen LogP contribution in [0.3, 0.4) is 0 Å². The largest absolute Gasteiger partial charge is 0.573 e. The molecule has 40 heavy (non-hydrogen) atoms. The maximum absolute atomic E-state index is 13.2. The Hall–Kier alpha value is -4.74. The molecule has 1 aliphatic heterocycles. The van der Waals surface area contributed by atoms with E-state index in [-0.39, 0.29) is 23.5 Å². The molecule has 0 atom stereocenters. The van der Waals surface area contributed by atoms with Crippen molar-refractivity contribution < 1.29 is 36.6 Å². The lowest BCUT2D eigenvalue weighted by Gasteiger charge is -2.31. The zero-order valence-electron chi connectivity index (χ0n) is 21.4. The fourth-order valence-electron chi connectivity index (χ4n) is 4.48. The third-order valence-corrected chi connectivity index (χ3v) is 6.41. The van der Waals surface area contributed by atoms with E-state index in [9.17, 15) is 18.0 Å². The normalized spacial score (nSPS) is 14.2. The van der Waals surface area contributed by atoms with E-state index < -0.39 is 12.1 Å². The highest BCUT2D eigenvalue weighted by atomic mass is 19.4. The zero-order valence-corrected chi connectivity index (χ0v) is 21.4. The van der Waals surface area contributed by atoms with E-state index in [4.69, 9.17) is 13.9 Å². The van der Waals surface area contributed by atoms with Crippen LogP contribution in [-0.2, 0) is 4.79 Å². The zero-order chi connectivity index (χ0) is 28.3. The predicted octanol–water partition coefficient (Wildman–Crippen LogP) is 6.10. The number of anilines is 2. The van der Waals surface area contributed by atoms with Gasteiger partial charge in [-0.05, 0) is 42.5 Å². The van der Waals surface area contributed by atoms with Gasteiger partial charge in [-0.2, -0.15) is 0 Å². The molecule has 2 aromatic carbocycles. The summed E-state index contributed by atoms with van der Waals surface area (Å²) in [4.78, 5) is 22.2. The van der Waals surface area contributed by atoms with Gasteiger partial charge < -0.3 is 28.8 Å². The second-order valence-electron chi connectivity index (χ2n) is 8.95. The Labute approximate surface area is 227 Å². The van der Waals surface area contributed by atoms with Gasteiger partial charge in [0.2, 0.25) is 5.91 Å². The molecule has 5 rings (SSSR count). The standard InChI is InChI=1S/C28H25F3N4O5/c1-3-26(36)35-10-8-18(9-11-35)39-25-14-19-20(15-24(25)37-2)32-16-33-27(19)34-21-13-17(22-5-4-12-38-22)6-7-23(21)40-28(29,30)31/h3-7,12-16,18H,1,8-11H2,2H3,(H,32,33,34). The summed E-state index contributed by atoms with van der Waals surface area (Å²) >= 11 is 0. The van der Waals surface area contributed by atoms with Crippen LogP contribution in [0.1, 0.15) is 12.8 Å². The molecule has 0 aliphatic carbocycles. The third kappa shape index (κ3) is 5.95. The third-order valence-electron chi connectivity index (χ3n) is 6.41. The number of nitrogens with one attached hydrogen (secondary N) is 1. The van der Waals surface area contributed by atoms with Gasteiger partial charge in [0.05, 0.1) is 24.6 Å². The van der Waals surface area contributed by atoms with E-state index in [2.05, 4.69) is 26.6 Å². The lowest BCUT2D eigenvalue weighted by molar-refractivity contribution is -0.274. The van der Waals surface area contributed by atoms with Gasteiger partial charge >= 0.3 is 6.36 Å². The molecule has 12 heteroatoms. The second-order valence-corrected chi connectivity index (χ2v) is 8.95. The summed E-state index contributed by atoms with van der Waals surface area (Å²) in [5, 5.41) is 3.45. The van der Waals surface area contributed by atoms with E-state index in [0.717, 1.165) is 0 Å². The Morgan fingerprint density at radius 1 is 1.12 bits per heavy atom. The van der Waals surface area contributed by atoms with Crippen LogP contribution in [0.5, 0.6) is 17.2 Å². The van der Waals surface area contributed by atoms with Crippen molar-refractivity contribution in [3.05, 3.63) is 67.7 Å². The van der Waals surface area contributed by atoms with Gasteiger partial charge in [0.25, 0.3) is 0 Å². The van der Waals surface area contributed by atoms with Crippen molar-refractivity contribution >= 4 is 28.3 Å². The van der Waals surface area contributed by atoms with Crippen molar-refractivity contribution in [2.75, 3.05) is 25.5 Å². The van der Waals surface area contributed by atoms with Gasteiger partial charge in [-0.15, -0.1) is 13.2 Å². The predicted molar refractivity (Wildman–Crippen MR) is 141 cm³/mol. The molecule has 208 valence electrons. The van der Waals surface area contributed by atoms with Gasteiger partial charge in [-0.1, -0.05) is 6.58 Å². The SMILES string of the molecule is C=CC(=O)N1CCC(Oc2cc3c(Nc4cc(-c5ccco5)ccc4OC(F)(F)F)ncnc3cc2OC)CC1. The number of benzene rings is 2. The number of methoxy groups -OCH3 is 1. The van der Waals surface area contributed by atoms with Crippen LogP contribution in [0.25, 0.3) is 22.2 Å². The number of nitrogens with zero attached hydrogens (tertiary/aromatic N) is 3. The molecule has 0 radical (unpaired) electrons. The van der Waals surface area contributed by atoms with Gasteiger partial charge in [-0.3, -0.25) is 4.79 Å². The number of likely N-dealkylation sites (tertiary alicyclic amines) is 1. The molecule has 4 aromatic rings. The second kappa shape index (κ2) is 11.2. The first-order valence-corrected chi connectivity index (χ1v) is 12.4. The molecule has 1 saturated heterocycles. The smallest absolute Gasteiger partial charge is 0.493 e. The summed E-state index contributed by atoms with van der Waals surface area (Å²) in [5.41, 5.74) is 1.03. The number of carbonyl (C=O) groups excluding carboxylic acids is 1. The number of carbonyl (C=O) groups is 1. The number of fused-ring (bicyclic) bond motifs is 1. The minimum atomic E-state index is -4.91. The van der Waals surface area contributed by atoms with E-state index in [1.165, 1.54) is 44.0 Å². The van der Waals surface area contributed by atoms with Crippen molar-refractivity contribution in [1.29, 1.82) is 0 Å². The van der Waals surface area contributed by atoms with E-state index >= 15 is 0 Å². The maximum atomic E-state index is 13.2. The summed E-state index contributed by atoms with van der Waals surface area (Å²) in [7, 11) is 1.50. The van der Waals surface area contributed by atoms with Crippen LogP contribution in [0.2, 0.25) is 0 Å². The number of piperidine rings is 1. The Bertz CT molecular complexity index is 1520. The highest BCUT2D eigenvalue weighted by Crippen LogP contribution is 2.39. The van der Waals surface area contributed by atoms with Crippen molar-refractivity contribution in [2.45, 2.75) is 25.3 Å². The number of hydrogen-bond donors (Lipinski definition) is 1. The summed E-state index contributed by atoms with van der Waals surface area (Å²) in [6.07, 6.45) is 0.171. The number of furan rings is 1. The Balaban J connectivity index is 1.48. The van der Waals surface area contributed by atoms with Crippen LogP contribution in [0.15, 0.2) is 72.1 Å². The summed E-state index contributed by atoms with van der Waals surface area (Å²) < 4.78 is 61.0. The molecule has 1 aliphatic rings. The lowest BCUT2D eigenvalue weighted by Crippen LogP contribution is -2.41. The van der Waals surface area contributed by atoms with Crippen LogP contribution in [-0.4, -0.2) is 53.4 Å². The maximum Gasteiger partial charge on any atom is 0.573 e. The first kappa shape index (κ1) is 26.9. The molecular weight excluding hydrogens is 529 g/mol. The molecule has 0 saturated carbocycles. The molecule has 0 unspecified atom stereocenters. The number of aromatic nitrogens is 2. The number of ether oxygens (including phenoxy) is 3. The quantitative estimate of drug-likeness (QED) is 0.261. The van der Waals surface area contributed by atoms with Crippen LogP contribution < -0.4 is 19.5 Å². The molecule has 2 aromatic heterocycles. The van der Waals surface area contributed by atoms with Crippen LogP contribution >= 0.6 is 0 Å². The number of alkyl halides is 3. The van der Waals surface area contributed by atoms with Gasteiger partial charge in [0.15, 0.2) is 17.2 Å². The number of hydrogen-bond acceptors (Lipinski definition) is 8. The minimum Gasteiger partial charge on any atom is -0.493 e.